The van der Waals surface area contributed by atoms with Gasteiger partial charge in [-0.3, -0.25) is 14.9 Å². The van der Waals surface area contributed by atoms with Crippen LogP contribution in [0.2, 0.25) is 0 Å². The van der Waals surface area contributed by atoms with E-state index in [0.29, 0.717) is 18.0 Å². The first-order valence-corrected chi connectivity index (χ1v) is 5.79. The van der Waals surface area contributed by atoms with Crippen LogP contribution < -0.4 is 9.64 Å². The third-order valence-electron chi connectivity index (χ3n) is 2.50. The number of nitro benzene ring substituents is 1. The molecule has 0 saturated carbocycles. The van der Waals surface area contributed by atoms with Gasteiger partial charge in [0.2, 0.25) is 0 Å². The largest absolute Gasteiger partial charge is 0.494 e. The molecule has 0 saturated heterocycles. The van der Waals surface area contributed by atoms with Crippen LogP contribution in [-0.2, 0) is 4.79 Å². The number of carboxylic acid groups (broad SMARTS) is 1. The molecule has 7 nitrogen and oxygen atoms in total. The summed E-state index contributed by atoms with van der Waals surface area (Å²) in [6.07, 6.45) is -0.0385. The summed E-state index contributed by atoms with van der Waals surface area (Å²) in [7, 11) is 1.68. The number of anilines is 1. The summed E-state index contributed by atoms with van der Waals surface area (Å²) in [5.41, 5.74) is 0.474. The molecule has 0 aliphatic heterocycles. The van der Waals surface area contributed by atoms with Gasteiger partial charge in [-0.15, -0.1) is 0 Å². The van der Waals surface area contributed by atoms with Gasteiger partial charge in [0, 0.05) is 31.4 Å². The second-order valence-corrected chi connectivity index (χ2v) is 3.94. The first kappa shape index (κ1) is 14.7. The van der Waals surface area contributed by atoms with Gasteiger partial charge in [-0.1, -0.05) is 0 Å². The van der Waals surface area contributed by atoms with Gasteiger partial charge in [0.05, 0.1) is 24.0 Å². The van der Waals surface area contributed by atoms with E-state index < -0.39 is 10.9 Å². The molecule has 0 aliphatic rings. The van der Waals surface area contributed by atoms with E-state index in [2.05, 4.69) is 0 Å². The second kappa shape index (κ2) is 6.58. The molecule has 0 amide bonds. The second-order valence-electron chi connectivity index (χ2n) is 3.94. The van der Waals surface area contributed by atoms with E-state index in [4.69, 9.17) is 9.84 Å². The maximum Gasteiger partial charge on any atom is 0.305 e. The number of ether oxygens (including phenoxy) is 1. The third kappa shape index (κ3) is 4.46. The fraction of sp³-hybridized carbons (Fsp3) is 0.417. The van der Waals surface area contributed by atoms with Crippen LogP contribution in [0.3, 0.4) is 0 Å². The zero-order valence-electron chi connectivity index (χ0n) is 10.8. The van der Waals surface area contributed by atoms with Gasteiger partial charge in [0.25, 0.3) is 5.69 Å². The van der Waals surface area contributed by atoms with Gasteiger partial charge in [-0.2, -0.15) is 0 Å². The molecule has 1 rings (SSSR count). The molecular weight excluding hydrogens is 252 g/mol. The Kier molecular flexibility index (Phi) is 5.11. The molecule has 0 bridgehead atoms. The monoisotopic (exact) mass is 268 g/mol. The molecule has 0 aliphatic carbocycles. The summed E-state index contributed by atoms with van der Waals surface area (Å²) in [6, 6.07) is 4.39. The fourth-order valence-electron chi connectivity index (χ4n) is 1.54. The van der Waals surface area contributed by atoms with E-state index in [1.165, 1.54) is 12.1 Å². The number of aliphatic carboxylic acids is 1. The smallest absolute Gasteiger partial charge is 0.305 e. The van der Waals surface area contributed by atoms with E-state index in [1.54, 1.807) is 24.9 Å². The lowest BCUT2D eigenvalue weighted by molar-refractivity contribution is -0.384. The van der Waals surface area contributed by atoms with Crippen molar-refractivity contribution in [1.29, 1.82) is 0 Å². The number of hydrogen-bond donors (Lipinski definition) is 1. The summed E-state index contributed by atoms with van der Waals surface area (Å²) < 4.78 is 5.27. The van der Waals surface area contributed by atoms with E-state index in [9.17, 15) is 14.9 Å². The van der Waals surface area contributed by atoms with Crippen molar-refractivity contribution in [3.05, 3.63) is 28.3 Å². The Balaban J connectivity index is 2.97. The van der Waals surface area contributed by atoms with Crippen molar-refractivity contribution in [1.82, 2.24) is 0 Å². The molecule has 0 unspecified atom stereocenters. The summed E-state index contributed by atoms with van der Waals surface area (Å²) in [6.45, 7) is 2.45. The van der Waals surface area contributed by atoms with E-state index in [-0.39, 0.29) is 18.7 Å². The number of rotatable bonds is 7. The topological polar surface area (TPSA) is 92.9 Å². The van der Waals surface area contributed by atoms with Gasteiger partial charge < -0.3 is 14.7 Å². The first-order valence-electron chi connectivity index (χ1n) is 5.79. The Morgan fingerprint density at radius 1 is 1.47 bits per heavy atom. The van der Waals surface area contributed by atoms with Gasteiger partial charge in [0.1, 0.15) is 5.75 Å². The van der Waals surface area contributed by atoms with Crippen LogP contribution >= 0.6 is 0 Å². The van der Waals surface area contributed by atoms with Crippen molar-refractivity contribution in [3.63, 3.8) is 0 Å². The standard InChI is InChI=1S/C12H16N2O5/c1-3-19-11-7-9(6-10(8-11)14(17)18)13(2)5-4-12(15)16/h6-8H,3-5H2,1-2H3,(H,15,16). The van der Waals surface area contributed by atoms with Crippen molar-refractivity contribution >= 4 is 17.3 Å². The number of carbonyl (C=O) groups is 1. The highest BCUT2D eigenvalue weighted by Gasteiger charge is 2.13. The van der Waals surface area contributed by atoms with Crippen molar-refractivity contribution in [2.24, 2.45) is 0 Å². The van der Waals surface area contributed by atoms with Crippen molar-refractivity contribution in [3.8, 4) is 5.75 Å². The number of nitrogens with zero attached hydrogens (tertiary/aromatic N) is 2. The molecule has 0 aromatic heterocycles. The number of nitro groups is 1. The Bertz CT molecular complexity index is 475. The Morgan fingerprint density at radius 2 is 2.16 bits per heavy atom. The highest BCUT2D eigenvalue weighted by atomic mass is 16.6. The Labute approximate surface area is 110 Å². The van der Waals surface area contributed by atoms with Gasteiger partial charge in [-0.05, 0) is 6.92 Å². The zero-order valence-corrected chi connectivity index (χ0v) is 10.8. The number of hydrogen-bond acceptors (Lipinski definition) is 5. The molecule has 0 heterocycles. The molecule has 0 radical (unpaired) electrons. The lowest BCUT2D eigenvalue weighted by atomic mass is 10.2. The molecule has 0 atom stereocenters. The van der Waals surface area contributed by atoms with Crippen LogP contribution in [0.1, 0.15) is 13.3 Å². The molecule has 0 fully saturated rings. The average Bonchev–Trinajstić information content (AvgIpc) is 2.35. The normalized spacial score (nSPS) is 10.0. The Hall–Kier alpha value is -2.31. The van der Waals surface area contributed by atoms with Crippen LogP contribution in [0.25, 0.3) is 0 Å². The molecular formula is C12H16N2O5. The molecule has 0 spiro atoms. The molecule has 1 N–H and O–H groups in total. The fourth-order valence-corrected chi connectivity index (χ4v) is 1.54. The van der Waals surface area contributed by atoms with Crippen molar-refractivity contribution < 1.29 is 19.6 Å². The average molecular weight is 268 g/mol. The minimum absolute atomic E-state index is 0.0385. The van der Waals surface area contributed by atoms with Crippen LogP contribution in [0.15, 0.2) is 18.2 Å². The van der Waals surface area contributed by atoms with Crippen LogP contribution in [0.4, 0.5) is 11.4 Å². The first-order chi connectivity index (χ1) is 8.93. The Morgan fingerprint density at radius 3 is 2.68 bits per heavy atom. The highest BCUT2D eigenvalue weighted by Crippen LogP contribution is 2.28. The quantitative estimate of drug-likeness (QED) is 0.599. The molecule has 1 aromatic carbocycles. The van der Waals surface area contributed by atoms with Crippen molar-refractivity contribution in [2.45, 2.75) is 13.3 Å². The lowest BCUT2D eigenvalue weighted by Gasteiger charge is -2.18. The number of carboxylic acids is 1. The molecule has 19 heavy (non-hydrogen) atoms. The van der Waals surface area contributed by atoms with E-state index in [1.807, 2.05) is 0 Å². The van der Waals surface area contributed by atoms with Crippen LogP contribution in [0, 0.1) is 10.1 Å². The van der Waals surface area contributed by atoms with Crippen LogP contribution in [-0.4, -0.2) is 36.2 Å². The summed E-state index contributed by atoms with van der Waals surface area (Å²) in [4.78, 5) is 22.5. The van der Waals surface area contributed by atoms with E-state index >= 15 is 0 Å². The third-order valence-corrected chi connectivity index (χ3v) is 2.50. The maximum absolute atomic E-state index is 10.8. The molecule has 104 valence electrons. The van der Waals surface area contributed by atoms with Crippen LogP contribution in [0.5, 0.6) is 5.75 Å². The number of benzene rings is 1. The highest BCUT2D eigenvalue weighted by molar-refractivity contribution is 5.68. The van der Waals surface area contributed by atoms with E-state index in [0.717, 1.165) is 0 Å². The van der Waals surface area contributed by atoms with Crippen molar-refractivity contribution in [2.75, 3.05) is 25.1 Å². The van der Waals surface area contributed by atoms with Gasteiger partial charge in [-0.25, -0.2) is 0 Å². The predicted octanol–water partition coefficient (Wildman–Crippen LogP) is 1.90. The number of non-ortho nitro benzene ring substituents is 1. The minimum atomic E-state index is -0.915. The summed E-state index contributed by atoms with van der Waals surface area (Å²) in [5, 5.41) is 19.5. The van der Waals surface area contributed by atoms with Gasteiger partial charge in [0.15, 0.2) is 0 Å². The lowest BCUT2D eigenvalue weighted by Crippen LogP contribution is -2.21. The maximum atomic E-state index is 10.8. The molecule has 7 heteroatoms. The van der Waals surface area contributed by atoms with Gasteiger partial charge >= 0.3 is 5.97 Å². The minimum Gasteiger partial charge on any atom is -0.494 e. The SMILES string of the molecule is CCOc1cc(N(C)CCC(=O)O)cc([N+](=O)[O-])c1. The summed E-state index contributed by atoms with van der Waals surface area (Å²) >= 11 is 0. The zero-order chi connectivity index (χ0) is 14.4. The summed E-state index contributed by atoms with van der Waals surface area (Å²) in [5.74, 6) is -0.517. The molecule has 1 aromatic rings. The predicted molar refractivity (Wildman–Crippen MR) is 69.8 cm³/mol.